The van der Waals surface area contributed by atoms with Gasteiger partial charge in [-0.2, -0.15) is 11.8 Å². The molecule has 0 aromatic rings. The van der Waals surface area contributed by atoms with Crippen LogP contribution in [0.25, 0.3) is 0 Å². The third kappa shape index (κ3) is 2.74. The second-order valence-corrected chi connectivity index (χ2v) is 7.07. The van der Waals surface area contributed by atoms with Crippen molar-refractivity contribution < 1.29 is 0 Å². The van der Waals surface area contributed by atoms with E-state index in [1.165, 1.54) is 44.5 Å². The molecule has 3 heteroatoms. The third-order valence-corrected chi connectivity index (χ3v) is 5.46. The number of hydrogen-bond acceptors (Lipinski definition) is 3. The van der Waals surface area contributed by atoms with Crippen LogP contribution in [0.3, 0.4) is 0 Å². The molecule has 2 atom stereocenters. The Bertz CT molecular complexity index is 230. The van der Waals surface area contributed by atoms with Gasteiger partial charge in [-0.3, -0.25) is 4.90 Å². The Hall–Kier alpha value is 0.270. The Balaban J connectivity index is 2.01. The molecule has 0 radical (unpaired) electrons. The van der Waals surface area contributed by atoms with E-state index in [0.717, 1.165) is 17.7 Å². The lowest BCUT2D eigenvalue weighted by Gasteiger charge is -2.40. The van der Waals surface area contributed by atoms with Gasteiger partial charge >= 0.3 is 0 Å². The molecule has 1 saturated heterocycles. The first kappa shape index (κ1) is 12.7. The summed E-state index contributed by atoms with van der Waals surface area (Å²) in [6.45, 7) is 8.02. The van der Waals surface area contributed by atoms with Crippen LogP contribution in [-0.4, -0.2) is 41.1 Å². The average Bonchev–Trinajstić information content (AvgIpc) is 3.00. The zero-order valence-corrected chi connectivity index (χ0v) is 11.6. The van der Waals surface area contributed by atoms with Gasteiger partial charge in [0.25, 0.3) is 0 Å². The summed E-state index contributed by atoms with van der Waals surface area (Å²) in [5, 5.41) is 0.794. The van der Waals surface area contributed by atoms with Gasteiger partial charge in [-0.1, -0.05) is 13.8 Å². The molecule has 94 valence electrons. The van der Waals surface area contributed by atoms with E-state index in [4.69, 9.17) is 5.73 Å². The van der Waals surface area contributed by atoms with Crippen LogP contribution in [0.2, 0.25) is 0 Å². The van der Waals surface area contributed by atoms with E-state index >= 15 is 0 Å². The van der Waals surface area contributed by atoms with Gasteiger partial charge in [0.1, 0.15) is 0 Å². The Labute approximate surface area is 104 Å². The summed E-state index contributed by atoms with van der Waals surface area (Å²) in [6.07, 6.45) is 5.45. The lowest BCUT2D eigenvalue weighted by Crippen LogP contribution is -2.55. The lowest BCUT2D eigenvalue weighted by atomic mass is 9.93. The monoisotopic (exact) mass is 242 g/mol. The fourth-order valence-electron chi connectivity index (χ4n) is 2.85. The minimum atomic E-state index is 0.322. The van der Waals surface area contributed by atoms with Gasteiger partial charge in [-0.05, 0) is 38.1 Å². The van der Waals surface area contributed by atoms with Crippen LogP contribution in [0.4, 0.5) is 0 Å². The molecule has 0 aromatic carbocycles. The number of nitrogens with two attached hydrogens (primary N) is 1. The molecule has 2 N–H and O–H groups in total. The van der Waals surface area contributed by atoms with Gasteiger partial charge in [-0.25, -0.2) is 0 Å². The summed E-state index contributed by atoms with van der Waals surface area (Å²) in [7, 11) is 0. The van der Waals surface area contributed by atoms with E-state index in [-0.39, 0.29) is 0 Å². The highest BCUT2D eigenvalue weighted by Gasteiger charge is 2.43. The van der Waals surface area contributed by atoms with Crippen LogP contribution < -0.4 is 5.73 Å². The predicted octanol–water partition coefficient (Wildman–Crippen LogP) is 2.33. The van der Waals surface area contributed by atoms with Gasteiger partial charge in [0, 0.05) is 29.6 Å². The smallest absolute Gasteiger partial charge is 0.0432 e. The average molecular weight is 242 g/mol. The van der Waals surface area contributed by atoms with Gasteiger partial charge < -0.3 is 5.73 Å². The summed E-state index contributed by atoms with van der Waals surface area (Å²) < 4.78 is 0. The maximum absolute atomic E-state index is 6.10. The normalized spacial score (nSPS) is 34.9. The minimum Gasteiger partial charge on any atom is -0.329 e. The van der Waals surface area contributed by atoms with Crippen molar-refractivity contribution >= 4 is 11.8 Å². The standard InChI is InChI=1S/C13H26N2S/c1-3-6-15(8-12-4-5-12)13(9-14)7-11(2)16-10-13/h11-12H,3-10,14H2,1-2H3. The molecule has 2 nitrogen and oxygen atoms in total. The quantitative estimate of drug-likeness (QED) is 0.775. The zero-order chi connectivity index (χ0) is 11.6. The van der Waals surface area contributed by atoms with Crippen molar-refractivity contribution in [3.05, 3.63) is 0 Å². The first-order valence-electron chi connectivity index (χ1n) is 6.77. The molecule has 1 saturated carbocycles. The van der Waals surface area contributed by atoms with Crippen LogP contribution in [0.15, 0.2) is 0 Å². The lowest BCUT2D eigenvalue weighted by molar-refractivity contribution is 0.106. The molecular weight excluding hydrogens is 216 g/mol. The van der Waals surface area contributed by atoms with Crippen molar-refractivity contribution in [2.24, 2.45) is 11.7 Å². The van der Waals surface area contributed by atoms with Crippen molar-refractivity contribution in [3.63, 3.8) is 0 Å². The molecule has 0 spiro atoms. The summed E-state index contributed by atoms with van der Waals surface area (Å²) in [5.74, 6) is 2.23. The summed E-state index contributed by atoms with van der Waals surface area (Å²) >= 11 is 2.11. The minimum absolute atomic E-state index is 0.322. The van der Waals surface area contributed by atoms with E-state index in [1.54, 1.807) is 0 Å². The van der Waals surface area contributed by atoms with Crippen LogP contribution in [-0.2, 0) is 0 Å². The van der Waals surface area contributed by atoms with Gasteiger partial charge in [0.15, 0.2) is 0 Å². The maximum Gasteiger partial charge on any atom is 0.0432 e. The van der Waals surface area contributed by atoms with E-state index in [1.807, 2.05) is 0 Å². The van der Waals surface area contributed by atoms with Crippen molar-refractivity contribution in [3.8, 4) is 0 Å². The zero-order valence-electron chi connectivity index (χ0n) is 10.7. The summed E-state index contributed by atoms with van der Waals surface area (Å²) in [5.41, 5.74) is 6.43. The highest BCUT2D eigenvalue weighted by Crippen LogP contribution is 2.40. The third-order valence-electron chi connectivity index (χ3n) is 4.02. The topological polar surface area (TPSA) is 29.3 Å². The number of thioether (sulfide) groups is 1. The molecule has 2 aliphatic rings. The first-order valence-corrected chi connectivity index (χ1v) is 7.82. The van der Waals surface area contributed by atoms with Gasteiger partial charge in [0.2, 0.25) is 0 Å². The second-order valence-electron chi connectivity index (χ2n) is 5.64. The molecule has 1 heterocycles. The predicted molar refractivity (Wildman–Crippen MR) is 72.9 cm³/mol. The Morgan fingerprint density at radius 2 is 2.19 bits per heavy atom. The number of rotatable bonds is 6. The molecule has 0 bridgehead atoms. The molecule has 1 aliphatic heterocycles. The van der Waals surface area contributed by atoms with Crippen molar-refractivity contribution in [2.75, 3.05) is 25.4 Å². The van der Waals surface area contributed by atoms with Crippen LogP contribution in [0.5, 0.6) is 0 Å². The molecular formula is C13H26N2S. The van der Waals surface area contributed by atoms with E-state index < -0.39 is 0 Å². The Morgan fingerprint density at radius 3 is 2.62 bits per heavy atom. The Kier molecular flexibility index (Phi) is 4.20. The molecule has 2 rings (SSSR count). The molecule has 0 amide bonds. The largest absolute Gasteiger partial charge is 0.329 e. The van der Waals surface area contributed by atoms with E-state index in [0.29, 0.717) is 5.54 Å². The first-order chi connectivity index (χ1) is 7.70. The summed E-state index contributed by atoms with van der Waals surface area (Å²) in [4.78, 5) is 2.72. The van der Waals surface area contributed by atoms with Gasteiger partial charge in [-0.15, -0.1) is 0 Å². The molecule has 2 fully saturated rings. The van der Waals surface area contributed by atoms with Crippen LogP contribution in [0, 0.1) is 5.92 Å². The molecule has 16 heavy (non-hydrogen) atoms. The summed E-state index contributed by atoms with van der Waals surface area (Å²) in [6, 6.07) is 0. The highest BCUT2D eigenvalue weighted by molar-refractivity contribution is 8.00. The van der Waals surface area contributed by atoms with E-state index in [2.05, 4.69) is 30.5 Å². The SMILES string of the molecule is CCCN(CC1CC1)C1(CN)CSC(C)C1. The number of hydrogen-bond donors (Lipinski definition) is 1. The number of nitrogens with zero attached hydrogens (tertiary/aromatic N) is 1. The van der Waals surface area contributed by atoms with Crippen LogP contribution >= 0.6 is 11.8 Å². The molecule has 2 unspecified atom stereocenters. The van der Waals surface area contributed by atoms with Crippen molar-refractivity contribution in [2.45, 2.75) is 50.3 Å². The highest BCUT2D eigenvalue weighted by atomic mass is 32.2. The fourth-order valence-corrected chi connectivity index (χ4v) is 4.29. The van der Waals surface area contributed by atoms with Gasteiger partial charge in [0.05, 0.1) is 0 Å². The van der Waals surface area contributed by atoms with Crippen molar-refractivity contribution in [1.29, 1.82) is 0 Å². The molecule has 0 aromatic heterocycles. The maximum atomic E-state index is 6.10. The van der Waals surface area contributed by atoms with Crippen molar-refractivity contribution in [1.82, 2.24) is 4.90 Å². The van der Waals surface area contributed by atoms with Crippen LogP contribution in [0.1, 0.15) is 39.5 Å². The fraction of sp³-hybridized carbons (Fsp3) is 1.00. The second kappa shape index (κ2) is 5.28. The van der Waals surface area contributed by atoms with E-state index in [9.17, 15) is 0 Å². The molecule has 1 aliphatic carbocycles. The Morgan fingerprint density at radius 1 is 1.44 bits per heavy atom.